The number of alkyl halides is 1. The van der Waals surface area contributed by atoms with Crippen LogP contribution in [-0.4, -0.2) is 402 Å². The van der Waals surface area contributed by atoms with Gasteiger partial charge in [-0.2, -0.15) is 0 Å². The molecule has 0 aromatic carbocycles. The molecule has 4 spiro atoms. The van der Waals surface area contributed by atoms with Crippen molar-refractivity contribution in [3.05, 3.63) is 0 Å². The first-order chi connectivity index (χ1) is 55.5. The molecule has 10 amide bonds. The quantitative estimate of drug-likeness (QED) is 0.0666. The average Bonchev–Trinajstić information content (AvgIpc) is 1.57. The summed E-state index contributed by atoms with van der Waals surface area (Å²) < 4.78 is 34.0. The van der Waals surface area contributed by atoms with Crippen LogP contribution in [0, 0.1) is 51.2 Å². The molecule has 123 heavy (non-hydrogen) atoms. The Labute approximate surface area is 720 Å². The van der Waals surface area contributed by atoms with Gasteiger partial charge >= 0.3 is 24.1 Å². The van der Waals surface area contributed by atoms with Crippen molar-refractivity contribution in [2.75, 3.05) is 92.6 Å². The molecule has 4 saturated carbocycles. The minimum absolute atomic E-state index is 0. The van der Waals surface area contributed by atoms with Crippen molar-refractivity contribution in [3.63, 3.8) is 0 Å². The third-order valence-electron chi connectivity index (χ3n) is 26.7. The number of imide groups is 4. The lowest BCUT2D eigenvalue weighted by Gasteiger charge is -2.46. The molecule has 12 aliphatic rings. The van der Waals surface area contributed by atoms with Crippen molar-refractivity contribution in [3.8, 4) is 0 Å². The number of nitrogens with zero attached hydrogens (tertiary/aromatic N) is 8. The number of esters is 2. The first kappa shape index (κ1) is 110. The molecule has 0 aromatic heterocycles. The Morgan fingerprint density at radius 3 is 0.854 bits per heavy atom. The molecule has 17 unspecified atom stereocenters. The van der Waals surface area contributed by atoms with Crippen molar-refractivity contribution in [1.82, 2.24) is 39.2 Å². The van der Waals surface area contributed by atoms with Gasteiger partial charge in [0.2, 0.25) is 47.3 Å². The van der Waals surface area contributed by atoms with E-state index < -0.39 is 144 Å². The van der Waals surface area contributed by atoms with Crippen LogP contribution in [-0.2, 0) is 66.9 Å². The van der Waals surface area contributed by atoms with Crippen LogP contribution in [0.1, 0.15) is 189 Å². The van der Waals surface area contributed by atoms with Crippen molar-refractivity contribution < 1.29 is 157 Å². The number of piperidine rings is 4. The summed E-state index contributed by atoms with van der Waals surface area (Å²) in [6.07, 6.45) is -25.0. The highest BCUT2D eigenvalue weighted by Gasteiger charge is 2.59. The van der Waals surface area contributed by atoms with E-state index >= 15 is 0 Å². The van der Waals surface area contributed by atoms with Gasteiger partial charge in [-0.1, -0.05) is 71.2 Å². The normalized spacial score (nSPS) is 35.7. The monoisotopic (exact) mass is 1770 g/mol. The summed E-state index contributed by atoms with van der Waals surface area (Å²) in [6.45, 7) is 24.6. The summed E-state index contributed by atoms with van der Waals surface area (Å²) in [5.41, 5.74) is -2.51. The molecule has 8 heterocycles. The third-order valence-corrected chi connectivity index (χ3v) is 26.7. The van der Waals surface area contributed by atoms with Gasteiger partial charge in [-0.25, -0.2) is 14.0 Å². The van der Waals surface area contributed by atoms with E-state index in [9.17, 15) is 123 Å². The molecule has 710 valence electrons. The maximum absolute atomic E-state index is 13.0. The molecule has 0 aromatic rings. The van der Waals surface area contributed by atoms with Crippen molar-refractivity contribution in [1.29, 1.82) is 0 Å². The Morgan fingerprint density at radius 1 is 0.350 bits per heavy atom. The van der Waals surface area contributed by atoms with Gasteiger partial charge in [0.1, 0.15) is 97.7 Å². The Kier molecular flexibility index (Phi) is 41.2. The summed E-state index contributed by atoms with van der Waals surface area (Å²) in [7, 11) is 4.08. The van der Waals surface area contributed by atoms with E-state index in [4.69, 9.17) is 34.3 Å². The van der Waals surface area contributed by atoms with Crippen molar-refractivity contribution in [2.45, 2.75) is 311 Å². The lowest BCUT2D eigenvalue weighted by atomic mass is 9.66. The molecule has 39 nitrogen and oxygen atoms in total. The Hall–Kier alpha value is -6.71. The molecule has 40 heteroatoms. The lowest BCUT2D eigenvalue weighted by Crippen LogP contribution is -2.65. The lowest BCUT2D eigenvalue weighted by molar-refractivity contribution is -0.224. The van der Waals surface area contributed by atoms with Crippen LogP contribution in [0.2, 0.25) is 0 Å². The fourth-order valence-corrected chi connectivity index (χ4v) is 18.4. The second-order valence-corrected chi connectivity index (χ2v) is 34.7. The van der Waals surface area contributed by atoms with Crippen LogP contribution >= 0.6 is 0 Å². The van der Waals surface area contributed by atoms with Gasteiger partial charge < -0.3 is 115 Å². The maximum Gasteiger partial charge on any atom is 0.410 e. The fourth-order valence-electron chi connectivity index (χ4n) is 18.4. The van der Waals surface area contributed by atoms with Gasteiger partial charge in [-0.05, 0) is 137 Å². The number of carbonyl (C=O) groups is 12. The topological polar surface area (TPSA) is 571 Å². The van der Waals surface area contributed by atoms with Gasteiger partial charge in [0.15, 0.2) is 12.2 Å². The number of likely N-dealkylation sites (tertiary alicyclic amines) is 8. The van der Waals surface area contributed by atoms with E-state index in [0.717, 1.165) is 50.3 Å². The highest BCUT2D eigenvalue weighted by Crippen LogP contribution is 2.47. The average molecular weight is 1770 g/mol. The zero-order chi connectivity index (χ0) is 89.5. The number of carbonyl (C=O) groups excluding carboxylic acids is 12. The molecule has 8 saturated heterocycles. The van der Waals surface area contributed by atoms with Crippen LogP contribution < -0.4 is 0 Å². The van der Waals surface area contributed by atoms with Crippen molar-refractivity contribution in [2.24, 2.45) is 51.2 Å². The number of amides is 10. The van der Waals surface area contributed by atoms with Crippen LogP contribution in [0.3, 0.4) is 0 Å². The number of hydrogen-bond donors (Lipinski definition) is 15. The number of ether oxygens (including phenoxy) is 4. The Bertz CT molecular complexity index is 3320. The number of aliphatic hydroxyl groups excluding tert-OH is 15. The van der Waals surface area contributed by atoms with Crippen LogP contribution in [0.15, 0.2) is 0 Å². The molecular formula is C83H145FN8O31. The summed E-state index contributed by atoms with van der Waals surface area (Å²) in [5, 5.41) is 144. The molecular weight excluding hydrogens is 1620 g/mol. The Morgan fingerprint density at radius 2 is 0.593 bits per heavy atom. The number of aliphatic hydroxyl groups is 15. The molecule has 0 radical (unpaired) electrons. The number of halogens is 1. The summed E-state index contributed by atoms with van der Waals surface area (Å²) >= 11 is 0. The predicted molar refractivity (Wildman–Crippen MR) is 437 cm³/mol. The summed E-state index contributed by atoms with van der Waals surface area (Å²) in [6, 6.07) is 0. The second-order valence-electron chi connectivity index (χ2n) is 34.7. The van der Waals surface area contributed by atoms with E-state index in [0.29, 0.717) is 44.8 Å². The molecule has 15 N–H and O–H groups in total. The molecule has 17 atom stereocenters. The van der Waals surface area contributed by atoms with E-state index in [-0.39, 0.29) is 202 Å². The molecule has 8 aliphatic heterocycles. The predicted octanol–water partition coefficient (Wildman–Crippen LogP) is -1.58. The largest absolute Gasteiger partial charge is 0.462 e. The van der Waals surface area contributed by atoms with E-state index in [1.54, 1.807) is 13.8 Å². The van der Waals surface area contributed by atoms with Gasteiger partial charge in [0, 0.05) is 97.2 Å². The molecule has 4 aliphatic carbocycles. The minimum Gasteiger partial charge on any atom is -0.462 e. The first-order valence-electron chi connectivity index (χ1n) is 41.4. The number of rotatable bonds is 10. The van der Waals surface area contributed by atoms with Crippen LogP contribution in [0.25, 0.3) is 0 Å². The van der Waals surface area contributed by atoms with Crippen LogP contribution in [0.4, 0.5) is 14.0 Å². The molecule has 12 fully saturated rings. The first-order valence-corrected chi connectivity index (χ1v) is 41.4. The molecule has 12 rings (SSSR count). The van der Waals surface area contributed by atoms with Gasteiger partial charge in [0.05, 0.1) is 40.4 Å². The van der Waals surface area contributed by atoms with E-state index in [2.05, 4.69) is 37.6 Å². The van der Waals surface area contributed by atoms with Crippen LogP contribution in [0.5, 0.6) is 0 Å². The zero-order valence-electron chi connectivity index (χ0n) is 70.3. The standard InChI is InChI=1S/2C17H26N2O9.C14H24O4.C12H19FN2O2.C12H20N2O2.C7H14O5.4CH4/c2*1-2-19-8(20)7-17(15(19)26)3-5-18(6-4-17)16(27)28-14-12(24)10(22)9(21)11(23)13(14)25;1-7-8(2)13(17-11(5)15)10(4)14(9(7)3)18-12(6)16;1-9(13)8-15-10(16)7-12(11(15)17)3-5-14(2)6-4-12;1-3-6-14-10(15)9-12(11(14)16)4-7-13(2)8-5-12;1-2-3(8)5(10)7(12)6(11)4(2)9;;;;/h2*9-14,21-25H,2-7H2,1H3;7-10,13-14H,1-6H3;9H,3-8H2,1-2H3;3-9H2,1-2H3;2-12H,1H3;4*1H4. The minimum atomic E-state index is -1.79. The molecule has 0 bridgehead atoms. The fraction of sp³-hybridized carbons (Fsp3) is 0.855. The second kappa shape index (κ2) is 45.8. The smallest absolute Gasteiger partial charge is 0.410 e. The number of hydrogen-bond acceptors (Lipinski definition) is 33. The van der Waals surface area contributed by atoms with E-state index in [1.165, 1.54) is 52.2 Å². The summed E-state index contributed by atoms with van der Waals surface area (Å²) in [4.78, 5) is 156. The van der Waals surface area contributed by atoms with Crippen molar-refractivity contribution >= 4 is 71.4 Å². The van der Waals surface area contributed by atoms with Gasteiger partial charge in [-0.3, -0.25) is 67.5 Å². The van der Waals surface area contributed by atoms with Gasteiger partial charge in [0.25, 0.3) is 0 Å². The SMILES string of the molecule is C.C.C.C.CC(=O)OC1C(C)C(C)C(C)C(OC(C)=O)C1C.CC(F)CN1C(=O)CC2(CCN(C)CC2)C1=O.CC1C(O)C(O)C(O)C(O)C1O.CCCN1C(=O)CC2(CCN(C)CC2)C1=O.CCN1C(=O)CC2(CCN(C(=O)OC3C(O)C(O)C(O)C(O)C3O)CC2)C1=O.CCN1C(=O)CC2(CCN(C(=O)OC3C(O)C(O)C(O)C(O)C3O)CC2)C1=O. The third kappa shape index (κ3) is 24.0. The highest BCUT2D eigenvalue weighted by molar-refractivity contribution is 6.08. The Balaban J connectivity index is 0.000000387. The van der Waals surface area contributed by atoms with Gasteiger partial charge in [-0.15, -0.1) is 0 Å². The van der Waals surface area contributed by atoms with E-state index in [1.807, 2.05) is 20.9 Å². The maximum atomic E-state index is 13.0. The summed E-state index contributed by atoms with van der Waals surface area (Å²) in [5.74, 6) is -1.42. The highest BCUT2D eigenvalue weighted by atomic mass is 19.1. The zero-order valence-corrected chi connectivity index (χ0v) is 70.3.